The van der Waals surface area contributed by atoms with E-state index in [0.29, 0.717) is 67.4 Å². The van der Waals surface area contributed by atoms with Gasteiger partial charge in [0.15, 0.2) is 17.5 Å². The molecule has 1 unspecified atom stereocenters. The van der Waals surface area contributed by atoms with E-state index in [9.17, 15) is 18.0 Å². The first kappa shape index (κ1) is 25.2. The molecule has 3 aromatic rings. The lowest BCUT2D eigenvalue weighted by Gasteiger charge is -2.28. The molecule has 8 nitrogen and oxygen atoms in total. The molecule has 2 saturated heterocycles. The summed E-state index contributed by atoms with van der Waals surface area (Å²) in [6, 6.07) is 5.20. The molecule has 196 valence electrons. The summed E-state index contributed by atoms with van der Waals surface area (Å²) in [5, 5.41) is 3.20. The Morgan fingerprint density at radius 3 is 2.54 bits per heavy atom. The third-order valence-corrected chi connectivity index (χ3v) is 6.84. The van der Waals surface area contributed by atoms with Gasteiger partial charge in [-0.15, -0.1) is 0 Å². The highest BCUT2D eigenvalue weighted by atomic mass is 19.2. The molecule has 1 amide bonds. The Morgan fingerprint density at radius 2 is 1.86 bits per heavy atom. The predicted octanol–water partition coefficient (Wildman–Crippen LogP) is 3.46. The SMILES string of the molecule is CN[C@H]1CCN(C(=O)c2cc(C(C)Oc3cc(F)c(F)c(F)c3)c3nc(N4CCOCC4)cnc3c2)C1. The molecule has 3 heterocycles. The minimum atomic E-state index is -1.57. The average molecular weight is 516 g/mol. The van der Waals surface area contributed by atoms with Crippen molar-refractivity contribution in [3.05, 3.63) is 59.0 Å². The molecule has 2 fully saturated rings. The quantitative estimate of drug-likeness (QED) is 0.504. The average Bonchev–Trinajstić information content (AvgIpc) is 3.40. The highest BCUT2D eigenvalue weighted by Crippen LogP contribution is 2.31. The van der Waals surface area contributed by atoms with Gasteiger partial charge in [0.25, 0.3) is 5.91 Å². The van der Waals surface area contributed by atoms with Gasteiger partial charge in [0.2, 0.25) is 0 Å². The fourth-order valence-corrected chi connectivity index (χ4v) is 4.74. The fourth-order valence-electron chi connectivity index (χ4n) is 4.74. The van der Waals surface area contributed by atoms with Crippen molar-refractivity contribution in [3.8, 4) is 5.75 Å². The first-order valence-corrected chi connectivity index (χ1v) is 12.2. The van der Waals surface area contributed by atoms with Crippen molar-refractivity contribution in [2.45, 2.75) is 25.5 Å². The van der Waals surface area contributed by atoms with Crippen LogP contribution in [0.1, 0.15) is 35.4 Å². The number of aromatic nitrogens is 2. The number of likely N-dealkylation sites (tertiary alicyclic amines) is 1. The van der Waals surface area contributed by atoms with E-state index < -0.39 is 23.6 Å². The predicted molar refractivity (Wildman–Crippen MR) is 131 cm³/mol. The number of nitrogens with one attached hydrogen (secondary N) is 1. The molecule has 0 radical (unpaired) electrons. The molecule has 0 spiro atoms. The maximum atomic E-state index is 13.8. The van der Waals surface area contributed by atoms with Crippen molar-refractivity contribution in [3.63, 3.8) is 0 Å². The molecule has 2 aliphatic heterocycles. The number of benzene rings is 2. The van der Waals surface area contributed by atoms with E-state index in [-0.39, 0.29) is 17.7 Å². The monoisotopic (exact) mass is 515 g/mol. The first-order valence-electron chi connectivity index (χ1n) is 12.2. The maximum Gasteiger partial charge on any atom is 0.253 e. The zero-order chi connectivity index (χ0) is 26.1. The van der Waals surface area contributed by atoms with Gasteiger partial charge in [-0.25, -0.2) is 18.2 Å². The van der Waals surface area contributed by atoms with Crippen LogP contribution in [0.4, 0.5) is 19.0 Å². The summed E-state index contributed by atoms with van der Waals surface area (Å²) >= 11 is 0. The number of hydrogen-bond acceptors (Lipinski definition) is 7. The topological polar surface area (TPSA) is 79.8 Å². The van der Waals surface area contributed by atoms with Gasteiger partial charge < -0.3 is 24.6 Å². The molecule has 11 heteroatoms. The number of carbonyl (C=O) groups is 1. The number of anilines is 1. The molecule has 1 N–H and O–H groups in total. The lowest BCUT2D eigenvalue weighted by atomic mass is 10.0. The van der Waals surface area contributed by atoms with Crippen molar-refractivity contribution in [1.82, 2.24) is 20.2 Å². The van der Waals surface area contributed by atoms with Crippen LogP contribution in [0.2, 0.25) is 0 Å². The number of morpholine rings is 1. The van der Waals surface area contributed by atoms with Crippen LogP contribution in [-0.4, -0.2) is 73.3 Å². The Hall–Kier alpha value is -3.44. The summed E-state index contributed by atoms with van der Waals surface area (Å²) in [4.78, 5) is 26.6. The fraction of sp³-hybridized carbons (Fsp3) is 0.423. The Bertz CT molecular complexity index is 1300. The number of likely N-dealkylation sites (N-methyl/N-ethyl adjacent to an activating group) is 1. The minimum Gasteiger partial charge on any atom is -0.486 e. The van der Waals surface area contributed by atoms with E-state index >= 15 is 0 Å². The van der Waals surface area contributed by atoms with Crippen LogP contribution in [0, 0.1) is 17.5 Å². The molecule has 0 saturated carbocycles. The van der Waals surface area contributed by atoms with E-state index in [2.05, 4.69) is 15.2 Å². The van der Waals surface area contributed by atoms with Crippen LogP contribution < -0.4 is 15.0 Å². The zero-order valence-corrected chi connectivity index (χ0v) is 20.6. The number of ether oxygens (including phenoxy) is 2. The van der Waals surface area contributed by atoms with Gasteiger partial charge in [-0.1, -0.05) is 0 Å². The summed E-state index contributed by atoms with van der Waals surface area (Å²) in [6.45, 7) is 5.36. The van der Waals surface area contributed by atoms with Gasteiger partial charge >= 0.3 is 0 Å². The molecule has 2 atom stereocenters. The zero-order valence-electron chi connectivity index (χ0n) is 20.6. The third-order valence-electron chi connectivity index (χ3n) is 6.84. The first-order chi connectivity index (χ1) is 17.8. The van der Waals surface area contributed by atoms with Gasteiger partial charge in [0, 0.05) is 55.5 Å². The second kappa shape index (κ2) is 10.5. The Balaban J connectivity index is 1.54. The van der Waals surface area contributed by atoms with Crippen molar-refractivity contribution in [1.29, 1.82) is 0 Å². The Labute approximate surface area is 212 Å². The minimum absolute atomic E-state index is 0.147. The lowest BCUT2D eigenvalue weighted by molar-refractivity contribution is 0.0789. The molecule has 5 rings (SSSR count). The van der Waals surface area contributed by atoms with Crippen LogP contribution in [0.3, 0.4) is 0 Å². The molecule has 2 aromatic carbocycles. The number of fused-ring (bicyclic) bond motifs is 1. The van der Waals surface area contributed by atoms with E-state index in [1.54, 1.807) is 30.2 Å². The van der Waals surface area contributed by atoms with Crippen molar-refractivity contribution in [2.75, 3.05) is 51.3 Å². The number of amides is 1. The summed E-state index contributed by atoms with van der Waals surface area (Å²) in [5.74, 6) is -3.94. The number of hydrogen-bond donors (Lipinski definition) is 1. The maximum absolute atomic E-state index is 13.8. The van der Waals surface area contributed by atoms with Gasteiger partial charge in [-0.2, -0.15) is 0 Å². The van der Waals surface area contributed by atoms with Crippen LogP contribution in [0.5, 0.6) is 5.75 Å². The number of carbonyl (C=O) groups excluding carboxylic acids is 1. The lowest BCUT2D eigenvalue weighted by Crippen LogP contribution is -2.36. The van der Waals surface area contributed by atoms with Crippen molar-refractivity contribution < 1.29 is 27.4 Å². The van der Waals surface area contributed by atoms with E-state index in [1.165, 1.54) is 0 Å². The third kappa shape index (κ3) is 5.19. The smallest absolute Gasteiger partial charge is 0.253 e. The summed E-state index contributed by atoms with van der Waals surface area (Å²) in [6.07, 6.45) is 1.74. The van der Waals surface area contributed by atoms with Crippen LogP contribution in [0.15, 0.2) is 30.5 Å². The number of rotatable bonds is 6. The number of nitrogens with zero attached hydrogens (tertiary/aromatic N) is 4. The molecular weight excluding hydrogens is 487 g/mol. The summed E-state index contributed by atoms with van der Waals surface area (Å²) in [5.41, 5.74) is 1.94. The summed E-state index contributed by atoms with van der Waals surface area (Å²) < 4.78 is 52.3. The Morgan fingerprint density at radius 1 is 1.14 bits per heavy atom. The van der Waals surface area contributed by atoms with Crippen LogP contribution in [0.25, 0.3) is 11.0 Å². The van der Waals surface area contributed by atoms with E-state index in [0.717, 1.165) is 18.6 Å². The standard InChI is InChI=1S/C26H28F3N5O3/c1-15(37-18-11-20(27)24(29)21(28)12-18)19-9-16(26(35)34-4-3-17(14-34)30-2)10-22-25(19)32-23(13-31-22)33-5-7-36-8-6-33/h9-13,15,17,30H,3-8,14H2,1-2H3/t15?,17-/m0/s1. The molecule has 0 aliphatic carbocycles. The van der Waals surface area contributed by atoms with Crippen molar-refractivity contribution in [2.24, 2.45) is 0 Å². The van der Waals surface area contributed by atoms with E-state index in [1.807, 2.05) is 7.05 Å². The number of halogens is 3. The molecule has 37 heavy (non-hydrogen) atoms. The van der Waals surface area contributed by atoms with Gasteiger partial charge in [-0.05, 0) is 32.5 Å². The van der Waals surface area contributed by atoms with Gasteiger partial charge in [0.05, 0.1) is 30.4 Å². The Kier molecular flexibility index (Phi) is 7.16. The highest BCUT2D eigenvalue weighted by Gasteiger charge is 2.28. The molecular formula is C26H28F3N5O3. The molecule has 0 bridgehead atoms. The second-order valence-corrected chi connectivity index (χ2v) is 9.25. The molecule has 2 aliphatic rings. The summed E-state index contributed by atoms with van der Waals surface area (Å²) in [7, 11) is 1.87. The van der Waals surface area contributed by atoms with E-state index in [4.69, 9.17) is 14.5 Å². The molecule has 1 aromatic heterocycles. The second-order valence-electron chi connectivity index (χ2n) is 9.25. The highest BCUT2D eigenvalue weighted by molar-refractivity contribution is 5.98. The normalized spacial score (nSPS) is 18.9. The van der Waals surface area contributed by atoms with Crippen LogP contribution in [-0.2, 0) is 4.74 Å². The largest absolute Gasteiger partial charge is 0.486 e. The van der Waals surface area contributed by atoms with Crippen molar-refractivity contribution >= 4 is 22.8 Å². The van der Waals surface area contributed by atoms with Gasteiger partial charge in [-0.3, -0.25) is 9.78 Å². The van der Waals surface area contributed by atoms with Gasteiger partial charge in [0.1, 0.15) is 17.7 Å². The van der Waals surface area contributed by atoms with Crippen LogP contribution >= 0.6 is 0 Å².